The topological polar surface area (TPSA) is 104 Å². The molecule has 1 aromatic heterocycles. The van der Waals surface area contributed by atoms with E-state index in [4.69, 9.17) is 20.2 Å². The average molecular weight is 504 g/mol. The number of hydrogen-bond donors (Lipinski definition) is 2. The molecule has 0 unspecified atom stereocenters. The van der Waals surface area contributed by atoms with E-state index >= 15 is 0 Å². The summed E-state index contributed by atoms with van der Waals surface area (Å²) in [6.45, 7) is 7.57. The number of para-hydroxylation sites is 1. The molecule has 1 aliphatic heterocycles. The summed E-state index contributed by atoms with van der Waals surface area (Å²) in [6.07, 6.45) is 0. The van der Waals surface area contributed by atoms with Crippen LogP contribution < -0.4 is 11.1 Å². The molecule has 7 nitrogen and oxygen atoms in total. The van der Waals surface area contributed by atoms with Crippen molar-refractivity contribution in [1.29, 1.82) is 0 Å². The Bertz CT molecular complexity index is 1330. The molecule has 0 fully saturated rings. The second kappa shape index (κ2) is 10.8. The van der Waals surface area contributed by atoms with E-state index in [-0.39, 0.29) is 13.2 Å². The van der Waals surface area contributed by atoms with Crippen LogP contribution in [0.5, 0.6) is 0 Å². The maximum absolute atomic E-state index is 13.2. The summed E-state index contributed by atoms with van der Waals surface area (Å²) in [5, 5.41) is 5.89. The molecule has 0 aliphatic carbocycles. The van der Waals surface area contributed by atoms with E-state index in [0.717, 1.165) is 27.4 Å². The van der Waals surface area contributed by atoms with E-state index in [2.05, 4.69) is 5.32 Å². The van der Waals surface area contributed by atoms with E-state index in [1.54, 1.807) is 13.8 Å². The van der Waals surface area contributed by atoms with Crippen molar-refractivity contribution in [2.75, 3.05) is 18.9 Å². The number of nitrogen functional groups attached to an aromatic ring is 1. The van der Waals surface area contributed by atoms with E-state index in [9.17, 15) is 9.59 Å². The largest absolute Gasteiger partial charge is 0.463 e. The number of benzene rings is 2. The minimum atomic E-state index is -0.685. The molecule has 0 bridgehead atoms. The van der Waals surface area contributed by atoms with Crippen LogP contribution in [0.3, 0.4) is 0 Å². The zero-order valence-corrected chi connectivity index (χ0v) is 21.6. The summed E-state index contributed by atoms with van der Waals surface area (Å²) in [7, 11) is 0. The van der Waals surface area contributed by atoms with Gasteiger partial charge in [0, 0.05) is 33.6 Å². The molecule has 36 heavy (non-hydrogen) atoms. The van der Waals surface area contributed by atoms with Crippen molar-refractivity contribution in [3.05, 3.63) is 82.0 Å². The number of thiazole rings is 1. The normalized spacial score (nSPS) is 14.0. The van der Waals surface area contributed by atoms with E-state index < -0.39 is 17.9 Å². The summed E-state index contributed by atoms with van der Waals surface area (Å²) in [5.74, 6) is -1.64. The Morgan fingerprint density at radius 2 is 1.47 bits per heavy atom. The summed E-state index contributed by atoms with van der Waals surface area (Å²) in [4.78, 5) is 31.2. The van der Waals surface area contributed by atoms with Crippen LogP contribution in [-0.2, 0) is 19.1 Å². The Hall–Kier alpha value is -3.91. The SMILES string of the molecule is CCOC(=O)C1=C(C)NC(C)=C(C(=O)OCC)C1c1ccccc1-c1nc(-c2ccccc2N)cs1. The number of rotatable bonds is 7. The smallest absolute Gasteiger partial charge is 0.336 e. The lowest BCUT2D eigenvalue weighted by molar-refractivity contribution is -0.139. The Kier molecular flexibility index (Phi) is 7.55. The van der Waals surface area contributed by atoms with Gasteiger partial charge in [-0.05, 0) is 39.3 Å². The molecular formula is C28H29N3O4S. The van der Waals surface area contributed by atoms with Crippen LogP contribution in [-0.4, -0.2) is 30.1 Å². The first-order valence-electron chi connectivity index (χ1n) is 11.8. The molecule has 0 radical (unpaired) electrons. The lowest BCUT2D eigenvalue weighted by Crippen LogP contribution is -2.32. The fraction of sp³-hybridized carbons (Fsp3) is 0.250. The lowest BCUT2D eigenvalue weighted by atomic mass is 9.78. The Balaban J connectivity index is 1.89. The standard InChI is InChI=1S/C28H29N3O4S/c1-5-34-27(32)23-16(3)30-17(4)24(28(33)35-6-2)25(23)18-11-7-8-12-19(18)26-31-22(15-36-26)20-13-9-10-14-21(20)29/h7-15,25,30H,5-6,29H2,1-4H3. The lowest BCUT2D eigenvalue weighted by Gasteiger charge is -2.31. The maximum atomic E-state index is 13.2. The van der Waals surface area contributed by atoms with Gasteiger partial charge in [-0.25, -0.2) is 14.6 Å². The van der Waals surface area contributed by atoms with Crippen LogP contribution in [0.2, 0.25) is 0 Å². The van der Waals surface area contributed by atoms with Crippen molar-refractivity contribution in [1.82, 2.24) is 10.3 Å². The monoisotopic (exact) mass is 503 g/mol. The van der Waals surface area contributed by atoms with Crippen LogP contribution in [0, 0.1) is 0 Å². The fourth-order valence-corrected chi connectivity index (χ4v) is 5.33. The van der Waals surface area contributed by atoms with Crippen LogP contribution in [0.15, 0.2) is 76.5 Å². The van der Waals surface area contributed by atoms with Gasteiger partial charge in [-0.15, -0.1) is 11.3 Å². The second-order valence-corrected chi connectivity index (χ2v) is 9.15. The maximum Gasteiger partial charge on any atom is 0.336 e. The number of allylic oxidation sites excluding steroid dienone is 2. The molecule has 0 atom stereocenters. The molecule has 0 saturated carbocycles. The Labute approximate surface area is 214 Å². The molecular weight excluding hydrogens is 474 g/mol. The highest BCUT2D eigenvalue weighted by atomic mass is 32.1. The van der Waals surface area contributed by atoms with Crippen LogP contribution in [0.25, 0.3) is 21.8 Å². The van der Waals surface area contributed by atoms with Gasteiger partial charge in [0.2, 0.25) is 0 Å². The summed E-state index contributed by atoms with van der Waals surface area (Å²) in [6, 6.07) is 15.3. The van der Waals surface area contributed by atoms with Gasteiger partial charge < -0.3 is 20.5 Å². The molecule has 2 aromatic carbocycles. The number of nitrogens with two attached hydrogens (primary N) is 1. The van der Waals surface area contributed by atoms with Crippen LogP contribution in [0.1, 0.15) is 39.2 Å². The third-order valence-corrected chi connectivity index (χ3v) is 6.87. The number of anilines is 1. The first-order chi connectivity index (χ1) is 17.4. The molecule has 1 aliphatic rings. The van der Waals surface area contributed by atoms with E-state index in [1.807, 2.05) is 67.8 Å². The molecule has 0 spiro atoms. The molecule has 0 saturated heterocycles. The highest BCUT2D eigenvalue weighted by Crippen LogP contribution is 2.44. The molecule has 3 aromatic rings. The fourth-order valence-electron chi connectivity index (χ4n) is 4.46. The zero-order chi connectivity index (χ0) is 25.8. The average Bonchev–Trinajstić information content (AvgIpc) is 3.34. The molecule has 8 heteroatoms. The van der Waals surface area contributed by atoms with Gasteiger partial charge in [0.05, 0.1) is 36.0 Å². The molecule has 186 valence electrons. The summed E-state index contributed by atoms with van der Waals surface area (Å²) in [5.41, 5.74) is 12.1. The van der Waals surface area contributed by atoms with Gasteiger partial charge >= 0.3 is 11.9 Å². The first kappa shape index (κ1) is 25.2. The number of dihydropyridines is 1. The third-order valence-electron chi connectivity index (χ3n) is 5.99. The van der Waals surface area contributed by atoms with E-state index in [1.165, 1.54) is 11.3 Å². The number of aromatic nitrogens is 1. The third kappa shape index (κ3) is 4.77. The Morgan fingerprint density at radius 3 is 2.06 bits per heavy atom. The minimum Gasteiger partial charge on any atom is -0.463 e. The predicted octanol–water partition coefficient (Wildman–Crippen LogP) is 5.42. The quantitative estimate of drug-likeness (QED) is 0.328. The molecule has 0 amide bonds. The predicted molar refractivity (Wildman–Crippen MR) is 142 cm³/mol. The van der Waals surface area contributed by atoms with Gasteiger partial charge in [0.1, 0.15) is 5.01 Å². The van der Waals surface area contributed by atoms with Crippen LogP contribution >= 0.6 is 11.3 Å². The van der Waals surface area contributed by atoms with Gasteiger partial charge in [0.25, 0.3) is 0 Å². The summed E-state index contributed by atoms with van der Waals surface area (Å²) < 4.78 is 10.8. The first-order valence-corrected chi connectivity index (χ1v) is 12.7. The number of nitrogens with zero attached hydrogens (tertiary/aromatic N) is 1. The number of ether oxygens (including phenoxy) is 2. The molecule has 4 rings (SSSR count). The molecule has 2 heterocycles. The summed E-state index contributed by atoms with van der Waals surface area (Å²) >= 11 is 1.48. The zero-order valence-electron chi connectivity index (χ0n) is 20.8. The minimum absolute atomic E-state index is 0.218. The number of nitrogens with one attached hydrogen (secondary N) is 1. The number of esters is 2. The van der Waals surface area contributed by atoms with Gasteiger partial charge in [-0.3, -0.25) is 0 Å². The number of carbonyl (C=O) groups is 2. The number of hydrogen-bond acceptors (Lipinski definition) is 8. The van der Waals surface area contributed by atoms with Gasteiger partial charge in [-0.2, -0.15) is 0 Å². The van der Waals surface area contributed by atoms with Crippen molar-refractivity contribution in [2.45, 2.75) is 33.6 Å². The second-order valence-electron chi connectivity index (χ2n) is 8.29. The van der Waals surface area contributed by atoms with Crippen molar-refractivity contribution in [3.63, 3.8) is 0 Å². The van der Waals surface area contributed by atoms with Crippen molar-refractivity contribution < 1.29 is 19.1 Å². The highest BCUT2D eigenvalue weighted by molar-refractivity contribution is 7.13. The Morgan fingerprint density at radius 1 is 0.917 bits per heavy atom. The number of carbonyl (C=O) groups excluding carboxylic acids is 2. The molecule has 3 N–H and O–H groups in total. The van der Waals surface area contributed by atoms with Gasteiger partial charge in [-0.1, -0.05) is 42.5 Å². The van der Waals surface area contributed by atoms with Crippen molar-refractivity contribution in [3.8, 4) is 21.8 Å². The van der Waals surface area contributed by atoms with Gasteiger partial charge in [0.15, 0.2) is 0 Å². The van der Waals surface area contributed by atoms with Crippen LogP contribution in [0.4, 0.5) is 5.69 Å². The van der Waals surface area contributed by atoms with Crippen molar-refractivity contribution >= 4 is 29.0 Å². The van der Waals surface area contributed by atoms with Crippen molar-refractivity contribution in [2.24, 2.45) is 0 Å². The highest BCUT2D eigenvalue weighted by Gasteiger charge is 2.39. The van der Waals surface area contributed by atoms with E-state index in [0.29, 0.717) is 28.2 Å².